The Morgan fingerprint density at radius 3 is 2.58 bits per heavy atom. The van der Waals surface area contributed by atoms with Gasteiger partial charge in [-0.2, -0.15) is 0 Å². The van der Waals surface area contributed by atoms with Gasteiger partial charge in [-0.1, -0.05) is 43.7 Å². The molecule has 0 bridgehead atoms. The third-order valence-corrected chi connectivity index (χ3v) is 1.92. The highest BCUT2D eigenvalue weighted by molar-refractivity contribution is 6.46. The fourth-order valence-electron chi connectivity index (χ4n) is 1.35. The molecule has 0 aliphatic rings. The molecule has 0 aromatic heterocycles. The van der Waals surface area contributed by atoms with Crippen molar-refractivity contribution in [2.45, 2.75) is 20.3 Å². The number of hydrogen-bond acceptors (Lipinski definition) is 1. The SMILES string of the molecule is CC(C)Cc1ccccc1BO. The third-order valence-electron chi connectivity index (χ3n) is 1.92. The van der Waals surface area contributed by atoms with Gasteiger partial charge < -0.3 is 5.02 Å². The van der Waals surface area contributed by atoms with Crippen molar-refractivity contribution in [1.82, 2.24) is 0 Å². The van der Waals surface area contributed by atoms with Crippen LogP contribution in [0.3, 0.4) is 0 Å². The smallest absolute Gasteiger partial charge is 0.305 e. The molecule has 1 nitrogen and oxygen atoms in total. The van der Waals surface area contributed by atoms with Crippen LogP contribution in [0.15, 0.2) is 24.3 Å². The van der Waals surface area contributed by atoms with Crippen LogP contribution in [0.4, 0.5) is 0 Å². The molecule has 0 aliphatic carbocycles. The Balaban J connectivity index is 2.82. The predicted molar refractivity (Wildman–Crippen MR) is 54.0 cm³/mol. The summed E-state index contributed by atoms with van der Waals surface area (Å²) >= 11 is 0. The monoisotopic (exact) mass is 162 g/mol. The zero-order valence-corrected chi connectivity index (χ0v) is 7.75. The highest BCUT2D eigenvalue weighted by Crippen LogP contribution is 2.04. The van der Waals surface area contributed by atoms with E-state index in [0.29, 0.717) is 5.92 Å². The normalized spacial score (nSPS) is 10.3. The summed E-state index contributed by atoms with van der Waals surface area (Å²) in [6, 6.07) is 8.06. The topological polar surface area (TPSA) is 20.2 Å². The number of benzene rings is 1. The van der Waals surface area contributed by atoms with Crippen LogP contribution in [0.5, 0.6) is 0 Å². The van der Waals surface area contributed by atoms with E-state index in [9.17, 15) is 0 Å². The lowest BCUT2D eigenvalue weighted by Gasteiger charge is -2.08. The molecule has 0 aliphatic heterocycles. The highest BCUT2D eigenvalue weighted by atomic mass is 16.2. The largest absolute Gasteiger partial charge is 0.449 e. The van der Waals surface area contributed by atoms with Gasteiger partial charge in [0.2, 0.25) is 0 Å². The second-order valence-electron chi connectivity index (χ2n) is 3.52. The molecular weight excluding hydrogens is 147 g/mol. The maximum Gasteiger partial charge on any atom is 0.305 e. The Morgan fingerprint density at radius 1 is 1.33 bits per heavy atom. The van der Waals surface area contributed by atoms with Crippen LogP contribution in [0.2, 0.25) is 0 Å². The van der Waals surface area contributed by atoms with Crippen LogP contribution in [0, 0.1) is 5.92 Å². The Morgan fingerprint density at radius 2 is 2.00 bits per heavy atom. The van der Waals surface area contributed by atoms with Gasteiger partial charge in [0, 0.05) is 0 Å². The first-order valence-corrected chi connectivity index (χ1v) is 4.41. The molecule has 0 heterocycles. The van der Waals surface area contributed by atoms with Crippen LogP contribution in [0.1, 0.15) is 19.4 Å². The Kier molecular flexibility index (Phi) is 3.36. The van der Waals surface area contributed by atoms with E-state index in [4.69, 9.17) is 5.02 Å². The molecular formula is C10H15BO. The van der Waals surface area contributed by atoms with E-state index in [1.807, 2.05) is 18.2 Å². The summed E-state index contributed by atoms with van der Waals surface area (Å²) in [6.45, 7) is 4.38. The molecule has 1 aromatic carbocycles. The fourth-order valence-corrected chi connectivity index (χ4v) is 1.35. The minimum absolute atomic E-state index is 0.156. The molecule has 1 N–H and O–H groups in total. The van der Waals surface area contributed by atoms with Crippen LogP contribution >= 0.6 is 0 Å². The quantitative estimate of drug-likeness (QED) is 0.653. The Labute approximate surface area is 74.7 Å². The van der Waals surface area contributed by atoms with Crippen molar-refractivity contribution in [2.75, 3.05) is 0 Å². The third kappa shape index (κ3) is 2.38. The molecule has 0 fully saturated rings. The lowest BCUT2D eigenvalue weighted by atomic mass is 9.82. The second-order valence-corrected chi connectivity index (χ2v) is 3.52. The van der Waals surface area contributed by atoms with E-state index in [0.717, 1.165) is 11.9 Å². The maximum absolute atomic E-state index is 9.03. The maximum atomic E-state index is 9.03. The van der Waals surface area contributed by atoms with Gasteiger partial charge in [0.15, 0.2) is 0 Å². The molecule has 0 radical (unpaired) electrons. The average molecular weight is 162 g/mol. The van der Waals surface area contributed by atoms with Crippen LogP contribution in [0.25, 0.3) is 0 Å². The van der Waals surface area contributed by atoms with Gasteiger partial charge >= 0.3 is 7.48 Å². The van der Waals surface area contributed by atoms with Gasteiger partial charge in [-0.15, -0.1) is 0 Å². The van der Waals surface area contributed by atoms with E-state index >= 15 is 0 Å². The minimum atomic E-state index is 0.156. The van der Waals surface area contributed by atoms with Crippen molar-refractivity contribution in [1.29, 1.82) is 0 Å². The van der Waals surface area contributed by atoms with Crippen molar-refractivity contribution < 1.29 is 5.02 Å². The van der Waals surface area contributed by atoms with Crippen LogP contribution in [-0.2, 0) is 6.42 Å². The van der Waals surface area contributed by atoms with Crippen molar-refractivity contribution in [3.63, 3.8) is 0 Å². The fraction of sp³-hybridized carbons (Fsp3) is 0.400. The van der Waals surface area contributed by atoms with Gasteiger partial charge in [0.05, 0.1) is 0 Å². The van der Waals surface area contributed by atoms with Gasteiger partial charge in [0.1, 0.15) is 0 Å². The summed E-state index contributed by atoms with van der Waals surface area (Å²) in [4.78, 5) is 0. The van der Waals surface area contributed by atoms with Crippen molar-refractivity contribution in [2.24, 2.45) is 5.92 Å². The van der Waals surface area contributed by atoms with Gasteiger partial charge in [0.25, 0.3) is 0 Å². The van der Waals surface area contributed by atoms with Crippen LogP contribution < -0.4 is 5.46 Å². The average Bonchev–Trinajstić information content (AvgIpc) is 2.04. The molecule has 2 heteroatoms. The highest BCUT2D eigenvalue weighted by Gasteiger charge is 2.03. The summed E-state index contributed by atoms with van der Waals surface area (Å²) in [6.07, 6.45) is 1.05. The van der Waals surface area contributed by atoms with Crippen molar-refractivity contribution in [3.05, 3.63) is 29.8 Å². The standard InChI is InChI=1S/C10H15BO/c1-8(2)7-9-5-3-4-6-10(9)11-12/h3-6,8,11-12H,7H2,1-2H3. The van der Waals surface area contributed by atoms with E-state index in [-0.39, 0.29) is 7.48 Å². The van der Waals surface area contributed by atoms with Crippen LogP contribution in [-0.4, -0.2) is 12.5 Å². The summed E-state index contributed by atoms with van der Waals surface area (Å²) in [7, 11) is 0.156. The lowest BCUT2D eigenvalue weighted by molar-refractivity contribution is 0.612. The molecule has 0 amide bonds. The first-order chi connectivity index (χ1) is 5.74. The van der Waals surface area contributed by atoms with Gasteiger partial charge in [-0.3, -0.25) is 0 Å². The molecule has 1 rings (SSSR count). The van der Waals surface area contributed by atoms with E-state index in [1.54, 1.807) is 0 Å². The molecule has 1 aromatic rings. The summed E-state index contributed by atoms with van der Waals surface area (Å²) in [5.74, 6) is 0.651. The second kappa shape index (κ2) is 4.32. The first-order valence-electron chi connectivity index (χ1n) is 4.41. The van der Waals surface area contributed by atoms with Gasteiger partial charge in [-0.25, -0.2) is 0 Å². The number of hydrogen-bond donors (Lipinski definition) is 1. The molecule has 64 valence electrons. The zero-order valence-electron chi connectivity index (χ0n) is 7.75. The minimum Gasteiger partial charge on any atom is -0.449 e. The van der Waals surface area contributed by atoms with Crippen molar-refractivity contribution in [3.8, 4) is 0 Å². The summed E-state index contributed by atoms with van der Waals surface area (Å²) in [5, 5.41) is 9.03. The summed E-state index contributed by atoms with van der Waals surface area (Å²) < 4.78 is 0. The molecule has 12 heavy (non-hydrogen) atoms. The first kappa shape index (κ1) is 9.33. The summed E-state index contributed by atoms with van der Waals surface area (Å²) in [5.41, 5.74) is 2.33. The number of rotatable bonds is 3. The van der Waals surface area contributed by atoms with E-state index in [1.165, 1.54) is 5.56 Å². The van der Waals surface area contributed by atoms with Crippen molar-refractivity contribution >= 4 is 12.9 Å². The molecule has 0 spiro atoms. The Hall–Kier alpha value is -0.755. The predicted octanol–water partition coefficient (Wildman–Crippen LogP) is 0.854. The molecule has 0 atom stereocenters. The van der Waals surface area contributed by atoms with E-state index < -0.39 is 0 Å². The van der Waals surface area contributed by atoms with Gasteiger partial charge in [-0.05, 0) is 17.8 Å². The molecule has 0 unspecified atom stereocenters. The molecule has 0 saturated heterocycles. The van der Waals surface area contributed by atoms with E-state index in [2.05, 4.69) is 19.9 Å². The zero-order chi connectivity index (χ0) is 8.97. The lowest BCUT2D eigenvalue weighted by Crippen LogP contribution is -2.19. The Bertz CT molecular complexity index is 245. The molecule has 0 saturated carbocycles.